The molecule has 2 fully saturated rings. The molecule has 0 radical (unpaired) electrons. The zero-order chi connectivity index (χ0) is 16.4. The van der Waals surface area contributed by atoms with Crippen molar-refractivity contribution in [2.75, 3.05) is 19.6 Å². The second-order valence-corrected chi connectivity index (χ2v) is 6.57. The number of hydrogen-bond acceptors (Lipinski definition) is 3. The van der Waals surface area contributed by atoms with Crippen LogP contribution in [-0.2, 0) is 4.79 Å². The third kappa shape index (κ3) is 3.33. The van der Waals surface area contributed by atoms with Crippen LogP contribution in [0.2, 0.25) is 0 Å². The van der Waals surface area contributed by atoms with E-state index in [1.54, 1.807) is 25.1 Å². The van der Waals surface area contributed by atoms with Gasteiger partial charge < -0.3 is 14.9 Å². The van der Waals surface area contributed by atoms with Gasteiger partial charge in [-0.15, -0.1) is 0 Å². The topological polar surface area (TPSA) is 60.9 Å². The van der Waals surface area contributed by atoms with Gasteiger partial charge in [-0.05, 0) is 56.4 Å². The molecule has 124 valence electrons. The van der Waals surface area contributed by atoms with Crippen LogP contribution in [0.15, 0.2) is 18.2 Å². The monoisotopic (exact) mass is 316 g/mol. The Morgan fingerprint density at radius 3 is 2.57 bits per heavy atom. The first-order chi connectivity index (χ1) is 11.1. The maximum atomic E-state index is 12.6. The summed E-state index contributed by atoms with van der Waals surface area (Å²) in [7, 11) is 0. The number of hydrogen-bond donors (Lipinski definition) is 1. The molecule has 2 saturated heterocycles. The molecule has 1 aromatic rings. The number of phenolic OH excluding ortho intramolecular Hbond substituents is 1. The van der Waals surface area contributed by atoms with E-state index in [-0.39, 0.29) is 23.6 Å². The van der Waals surface area contributed by atoms with E-state index < -0.39 is 0 Å². The number of likely N-dealkylation sites (tertiary alicyclic amines) is 2. The molecular formula is C18H24N2O3. The lowest BCUT2D eigenvalue weighted by Crippen LogP contribution is -2.50. The lowest BCUT2D eigenvalue weighted by molar-refractivity contribution is -0.136. The molecule has 0 saturated carbocycles. The fourth-order valence-electron chi connectivity index (χ4n) is 3.56. The number of rotatable bonds is 2. The molecule has 5 nitrogen and oxygen atoms in total. The first-order valence-corrected chi connectivity index (χ1v) is 8.44. The minimum absolute atomic E-state index is 0.0107. The van der Waals surface area contributed by atoms with Gasteiger partial charge in [-0.1, -0.05) is 0 Å². The summed E-state index contributed by atoms with van der Waals surface area (Å²) in [6, 6.07) is 5.26. The van der Waals surface area contributed by atoms with Crippen molar-refractivity contribution in [3.8, 4) is 5.75 Å². The smallest absolute Gasteiger partial charge is 0.253 e. The normalized spacial score (nSPS) is 20.0. The number of piperidine rings is 2. The van der Waals surface area contributed by atoms with Crippen LogP contribution < -0.4 is 0 Å². The quantitative estimate of drug-likeness (QED) is 0.911. The SMILES string of the molecule is Cc1cc(C(=O)N2CCC(N3CCCCC3=O)CC2)ccc1O. The van der Waals surface area contributed by atoms with Crippen LogP contribution in [0.1, 0.15) is 48.0 Å². The molecule has 0 spiro atoms. The third-order valence-corrected chi connectivity index (χ3v) is 5.00. The molecule has 1 aromatic carbocycles. The Kier molecular flexibility index (Phi) is 4.55. The van der Waals surface area contributed by atoms with Crippen LogP contribution in [-0.4, -0.2) is 52.4 Å². The van der Waals surface area contributed by atoms with Crippen molar-refractivity contribution in [3.05, 3.63) is 29.3 Å². The Morgan fingerprint density at radius 2 is 1.91 bits per heavy atom. The van der Waals surface area contributed by atoms with Gasteiger partial charge in [-0.25, -0.2) is 0 Å². The molecule has 23 heavy (non-hydrogen) atoms. The lowest BCUT2D eigenvalue weighted by Gasteiger charge is -2.40. The molecule has 0 aromatic heterocycles. The molecular weight excluding hydrogens is 292 g/mol. The Labute approximate surface area is 136 Å². The molecule has 2 aliphatic rings. The Balaban J connectivity index is 1.60. The van der Waals surface area contributed by atoms with E-state index in [1.165, 1.54) is 0 Å². The van der Waals surface area contributed by atoms with E-state index in [0.29, 0.717) is 30.6 Å². The zero-order valence-corrected chi connectivity index (χ0v) is 13.6. The highest BCUT2D eigenvalue weighted by Gasteiger charge is 2.31. The number of phenols is 1. The second-order valence-electron chi connectivity index (χ2n) is 6.57. The number of benzene rings is 1. The Bertz CT molecular complexity index is 606. The van der Waals surface area contributed by atoms with Crippen LogP contribution in [0.5, 0.6) is 5.75 Å². The summed E-state index contributed by atoms with van der Waals surface area (Å²) in [4.78, 5) is 28.5. The largest absolute Gasteiger partial charge is 0.508 e. The van der Waals surface area contributed by atoms with Crippen molar-refractivity contribution in [1.29, 1.82) is 0 Å². The van der Waals surface area contributed by atoms with Gasteiger partial charge in [0.2, 0.25) is 5.91 Å². The average Bonchev–Trinajstić information content (AvgIpc) is 2.57. The van der Waals surface area contributed by atoms with E-state index in [1.807, 2.05) is 9.80 Å². The van der Waals surface area contributed by atoms with Crippen LogP contribution in [0.4, 0.5) is 0 Å². The molecule has 3 rings (SSSR count). The van der Waals surface area contributed by atoms with Crippen molar-refractivity contribution in [2.24, 2.45) is 0 Å². The molecule has 0 unspecified atom stereocenters. The van der Waals surface area contributed by atoms with Gasteiger partial charge in [-0.2, -0.15) is 0 Å². The van der Waals surface area contributed by atoms with Crippen LogP contribution in [0, 0.1) is 6.92 Å². The van der Waals surface area contributed by atoms with E-state index in [2.05, 4.69) is 0 Å². The van der Waals surface area contributed by atoms with Gasteiger partial charge in [0.15, 0.2) is 0 Å². The lowest BCUT2D eigenvalue weighted by atomic mass is 9.98. The first kappa shape index (κ1) is 15.8. The van der Waals surface area contributed by atoms with Crippen molar-refractivity contribution in [1.82, 2.24) is 9.80 Å². The molecule has 1 N–H and O–H groups in total. The Morgan fingerprint density at radius 1 is 1.17 bits per heavy atom. The predicted octanol–water partition coefficient (Wildman–Crippen LogP) is 2.32. The van der Waals surface area contributed by atoms with Crippen molar-refractivity contribution in [3.63, 3.8) is 0 Å². The van der Waals surface area contributed by atoms with Gasteiger partial charge in [0.05, 0.1) is 0 Å². The highest BCUT2D eigenvalue weighted by molar-refractivity contribution is 5.94. The number of carbonyl (C=O) groups is 2. The summed E-state index contributed by atoms with van der Waals surface area (Å²) >= 11 is 0. The van der Waals surface area contributed by atoms with Gasteiger partial charge in [-0.3, -0.25) is 9.59 Å². The summed E-state index contributed by atoms with van der Waals surface area (Å²) in [6.07, 6.45) is 4.49. The summed E-state index contributed by atoms with van der Waals surface area (Å²) in [6.45, 7) is 4.04. The maximum Gasteiger partial charge on any atom is 0.253 e. The predicted molar refractivity (Wildman–Crippen MR) is 87.3 cm³/mol. The summed E-state index contributed by atoms with van der Waals surface area (Å²) in [5, 5.41) is 9.58. The summed E-state index contributed by atoms with van der Waals surface area (Å²) in [5.41, 5.74) is 1.33. The van der Waals surface area contributed by atoms with Crippen LogP contribution >= 0.6 is 0 Å². The fourth-order valence-corrected chi connectivity index (χ4v) is 3.56. The molecule has 2 amide bonds. The summed E-state index contributed by atoms with van der Waals surface area (Å²) < 4.78 is 0. The second kappa shape index (κ2) is 6.60. The fraction of sp³-hybridized carbons (Fsp3) is 0.556. The van der Waals surface area contributed by atoms with Gasteiger partial charge in [0, 0.05) is 37.7 Å². The Hall–Kier alpha value is -2.04. The van der Waals surface area contributed by atoms with Gasteiger partial charge in [0.1, 0.15) is 5.75 Å². The number of aryl methyl sites for hydroxylation is 1. The van der Waals surface area contributed by atoms with Gasteiger partial charge >= 0.3 is 0 Å². The van der Waals surface area contributed by atoms with E-state index in [0.717, 1.165) is 32.2 Å². The molecule has 2 heterocycles. The molecule has 5 heteroatoms. The van der Waals surface area contributed by atoms with Crippen molar-refractivity contribution < 1.29 is 14.7 Å². The van der Waals surface area contributed by atoms with Gasteiger partial charge in [0.25, 0.3) is 5.91 Å². The van der Waals surface area contributed by atoms with Crippen molar-refractivity contribution in [2.45, 2.75) is 45.1 Å². The average molecular weight is 316 g/mol. The molecule has 0 bridgehead atoms. The van der Waals surface area contributed by atoms with E-state index in [9.17, 15) is 14.7 Å². The number of carbonyl (C=O) groups excluding carboxylic acids is 2. The minimum Gasteiger partial charge on any atom is -0.508 e. The van der Waals surface area contributed by atoms with Crippen LogP contribution in [0.3, 0.4) is 0 Å². The molecule has 2 aliphatic heterocycles. The van der Waals surface area contributed by atoms with Crippen LogP contribution in [0.25, 0.3) is 0 Å². The standard InChI is InChI=1S/C18H24N2O3/c1-13-12-14(5-6-16(13)21)18(23)19-10-7-15(8-11-19)20-9-3-2-4-17(20)22/h5-6,12,15,21H,2-4,7-11H2,1H3. The highest BCUT2D eigenvalue weighted by Crippen LogP contribution is 2.24. The van der Waals surface area contributed by atoms with E-state index >= 15 is 0 Å². The minimum atomic E-state index is 0.0107. The van der Waals surface area contributed by atoms with Crippen molar-refractivity contribution >= 4 is 11.8 Å². The maximum absolute atomic E-state index is 12.6. The van der Waals surface area contributed by atoms with E-state index in [4.69, 9.17) is 0 Å². The molecule has 0 atom stereocenters. The third-order valence-electron chi connectivity index (χ3n) is 5.00. The first-order valence-electron chi connectivity index (χ1n) is 8.44. The zero-order valence-electron chi connectivity index (χ0n) is 13.6. The summed E-state index contributed by atoms with van der Waals surface area (Å²) in [5.74, 6) is 0.496. The number of nitrogens with zero attached hydrogens (tertiary/aromatic N) is 2. The number of aromatic hydroxyl groups is 1. The number of amides is 2. The molecule has 0 aliphatic carbocycles. The highest BCUT2D eigenvalue weighted by atomic mass is 16.3.